The number of hydrogen-bond donors (Lipinski definition) is 1. The second kappa shape index (κ2) is 7.59. The summed E-state index contributed by atoms with van der Waals surface area (Å²) in [7, 11) is -3.92. The van der Waals surface area contributed by atoms with Crippen LogP contribution in [0.2, 0.25) is 5.02 Å². The smallest absolute Gasteiger partial charge is 0.211 e. The maximum Gasteiger partial charge on any atom is 0.243 e. The summed E-state index contributed by atoms with van der Waals surface area (Å²) < 4.78 is 42.4. The van der Waals surface area contributed by atoms with Crippen molar-refractivity contribution in [2.45, 2.75) is 11.3 Å². The van der Waals surface area contributed by atoms with E-state index >= 15 is 0 Å². The fourth-order valence-electron chi connectivity index (χ4n) is 2.67. The quantitative estimate of drug-likeness (QED) is 0.499. The summed E-state index contributed by atoms with van der Waals surface area (Å²) in [5.41, 5.74) is 1.65. The van der Waals surface area contributed by atoms with Gasteiger partial charge in [0.1, 0.15) is 10.7 Å². The van der Waals surface area contributed by atoms with Gasteiger partial charge in [-0.2, -0.15) is 4.98 Å². The maximum atomic E-state index is 13.7. The van der Waals surface area contributed by atoms with Gasteiger partial charge in [0.2, 0.25) is 15.0 Å². The Morgan fingerprint density at radius 1 is 1.14 bits per heavy atom. The van der Waals surface area contributed by atoms with Crippen LogP contribution in [0.4, 0.5) is 4.39 Å². The lowest BCUT2D eigenvalue weighted by molar-refractivity contribution is 0.556. The molecule has 0 radical (unpaired) electrons. The van der Waals surface area contributed by atoms with Gasteiger partial charge in [0.25, 0.3) is 0 Å². The SMILES string of the molecule is O=S(=O)(NCCc1csc2nc(-c3ccc(Cl)cc3)nn12)c1ccccc1F. The first-order chi connectivity index (χ1) is 13.4. The molecule has 0 spiro atoms. The van der Waals surface area contributed by atoms with Crippen molar-refractivity contribution in [2.24, 2.45) is 0 Å². The third kappa shape index (κ3) is 3.79. The Morgan fingerprint density at radius 3 is 2.64 bits per heavy atom. The number of nitrogens with one attached hydrogen (secondary N) is 1. The first-order valence-corrected chi connectivity index (χ1v) is 11.0. The lowest BCUT2D eigenvalue weighted by Gasteiger charge is -2.07. The number of aromatic nitrogens is 3. The van der Waals surface area contributed by atoms with E-state index in [1.165, 1.54) is 29.5 Å². The van der Waals surface area contributed by atoms with Crippen LogP contribution in [-0.4, -0.2) is 29.6 Å². The van der Waals surface area contributed by atoms with E-state index in [9.17, 15) is 12.8 Å². The van der Waals surface area contributed by atoms with Crippen molar-refractivity contribution in [2.75, 3.05) is 6.54 Å². The maximum absolute atomic E-state index is 13.7. The Labute approximate surface area is 169 Å². The molecule has 0 atom stereocenters. The minimum atomic E-state index is -3.92. The highest BCUT2D eigenvalue weighted by Gasteiger charge is 2.18. The predicted octanol–water partition coefficient (Wildman–Crippen LogP) is 3.77. The van der Waals surface area contributed by atoms with Gasteiger partial charge in [0, 0.05) is 28.9 Å². The van der Waals surface area contributed by atoms with Gasteiger partial charge in [-0.25, -0.2) is 22.0 Å². The third-order valence-electron chi connectivity index (χ3n) is 4.05. The van der Waals surface area contributed by atoms with E-state index in [0.717, 1.165) is 17.3 Å². The normalized spacial score (nSPS) is 11.9. The van der Waals surface area contributed by atoms with E-state index in [0.29, 0.717) is 22.2 Å². The fourth-order valence-corrected chi connectivity index (χ4v) is 4.76. The number of nitrogens with zero attached hydrogens (tertiary/aromatic N) is 3. The second-order valence-electron chi connectivity index (χ2n) is 5.94. The average Bonchev–Trinajstić information content (AvgIpc) is 3.24. The number of sulfonamides is 1. The molecule has 0 amide bonds. The molecule has 2 heterocycles. The molecular formula is C18H14ClFN4O2S2. The minimum absolute atomic E-state index is 0.110. The van der Waals surface area contributed by atoms with E-state index in [-0.39, 0.29) is 11.4 Å². The lowest BCUT2D eigenvalue weighted by atomic mass is 10.2. The highest BCUT2D eigenvalue weighted by Crippen LogP contribution is 2.22. The van der Waals surface area contributed by atoms with Crippen LogP contribution >= 0.6 is 22.9 Å². The van der Waals surface area contributed by atoms with Gasteiger partial charge in [-0.05, 0) is 36.4 Å². The van der Waals surface area contributed by atoms with Crippen molar-refractivity contribution in [3.63, 3.8) is 0 Å². The van der Waals surface area contributed by atoms with Gasteiger partial charge < -0.3 is 0 Å². The molecule has 0 saturated carbocycles. The largest absolute Gasteiger partial charge is 0.243 e. The molecule has 144 valence electrons. The summed E-state index contributed by atoms with van der Waals surface area (Å²) in [5.74, 6) is -0.214. The average molecular weight is 437 g/mol. The summed E-state index contributed by atoms with van der Waals surface area (Å²) >= 11 is 7.32. The molecule has 2 aromatic carbocycles. The van der Waals surface area contributed by atoms with E-state index in [4.69, 9.17) is 11.6 Å². The summed E-state index contributed by atoms with van der Waals surface area (Å²) in [5, 5.41) is 7.00. The van der Waals surface area contributed by atoms with Crippen molar-refractivity contribution in [3.8, 4) is 11.4 Å². The molecule has 1 N–H and O–H groups in total. The van der Waals surface area contributed by atoms with Crippen molar-refractivity contribution in [1.82, 2.24) is 19.3 Å². The Kier molecular flexibility index (Phi) is 5.15. The van der Waals surface area contributed by atoms with E-state index < -0.39 is 15.8 Å². The number of halogens is 2. The van der Waals surface area contributed by atoms with Crippen molar-refractivity contribution < 1.29 is 12.8 Å². The van der Waals surface area contributed by atoms with Crippen LogP contribution in [0.5, 0.6) is 0 Å². The first kappa shape index (κ1) is 19.0. The molecule has 0 aliphatic rings. The van der Waals surface area contributed by atoms with Crippen LogP contribution in [0.15, 0.2) is 58.8 Å². The van der Waals surface area contributed by atoms with Gasteiger partial charge in [-0.15, -0.1) is 16.4 Å². The number of fused-ring (bicyclic) bond motifs is 1. The zero-order valence-corrected chi connectivity index (χ0v) is 16.7. The molecule has 0 bridgehead atoms. The Morgan fingerprint density at radius 2 is 1.89 bits per heavy atom. The lowest BCUT2D eigenvalue weighted by Crippen LogP contribution is -2.27. The highest BCUT2D eigenvalue weighted by atomic mass is 35.5. The Hall–Kier alpha value is -2.33. The first-order valence-electron chi connectivity index (χ1n) is 8.27. The van der Waals surface area contributed by atoms with Crippen LogP contribution in [0, 0.1) is 5.82 Å². The van der Waals surface area contributed by atoms with E-state index in [1.807, 2.05) is 17.5 Å². The Balaban J connectivity index is 1.50. The topological polar surface area (TPSA) is 76.4 Å². The number of rotatable bonds is 6. The highest BCUT2D eigenvalue weighted by molar-refractivity contribution is 7.89. The molecule has 0 aliphatic heterocycles. The monoisotopic (exact) mass is 436 g/mol. The molecule has 6 nitrogen and oxygen atoms in total. The molecular weight excluding hydrogens is 423 g/mol. The van der Waals surface area contributed by atoms with Crippen LogP contribution in [0.3, 0.4) is 0 Å². The van der Waals surface area contributed by atoms with E-state index in [2.05, 4.69) is 14.8 Å². The fraction of sp³-hybridized carbons (Fsp3) is 0.111. The minimum Gasteiger partial charge on any atom is -0.211 e. The van der Waals surface area contributed by atoms with Gasteiger partial charge in [0.05, 0.1) is 5.69 Å². The molecule has 0 fully saturated rings. The summed E-state index contributed by atoms with van der Waals surface area (Å²) in [6, 6.07) is 12.5. The van der Waals surface area contributed by atoms with Crippen LogP contribution in [0.1, 0.15) is 5.69 Å². The van der Waals surface area contributed by atoms with Crippen molar-refractivity contribution in [1.29, 1.82) is 0 Å². The van der Waals surface area contributed by atoms with Crippen LogP contribution < -0.4 is 4.72 Å². The second-order valence-corrected chi connectivity index (χ2v) is 8.95. The predicted molar refractivity (Wildman–Crippen MR) is 107 cm³/mol. The summed E-state index contributed by atoms with van der Waals surface area (Å²) in [6.45, 7) is 0.110. The standard InChI is InChI=1S/C18H14ClFN4O2S2/c19-13-7-5-12(6-8-13)17-22-18-24(23-17)14(11-27-18)9-10-21-28(25,26)16-4-2-1-3-15(16)20/h1-8,11,21H,9-10H2. The molecule has 0 unspecified atom stereocenters. The number of benzene rings is 2. The Bertz CT molecular complexity index is 1240. The molecule has 0 aliphatic carbocycles. The molecule has 4 rings (SSSR count). The van der Waals surface area contributed by atoms with Gasteiger partial charge in [-0.1, -0.05) is 23.7 Å². The summed E-state index contributed by atoms with van der Waals surface area (Å²) in [4.78, 5) is 4.83. The number of hydrogen-bond acceptors (Lipinski definition) is 5. The summed E-state index contributed by atoms with van der Waals surface area (Å²) in [6.07, 6.45) is 0.386. The third-order valence-corrected chi connectivity index (χ3v) is 6.66. The van der Waals surface area contributed by atoms with Gasteiger partial charge in [-0.3, -0.25) is 0 Å². The van der Waals surface area contributed by atoms with Crippen LogP contribution in [0.25, 0.3) is 16.3 Å². The molecule has 10 heteroatoms. The molecule has 28 heavy (non-hydrogen) atoms. The zero-order chi connectivity index (χ0) is 19.7. The number of thiazole rings is 1. The van der Waals surface area contributed by atoms with Crippen molar-refractivity contribution in [3.05, 3.63) is 70.4 Å². The van der Waals surface area contributed by atoms with Crippen LogP contribution in [-0.2, 0) is 16.4 Å². The van der Waals surface area contributed by atoms with E-state index in [1.54, 1.807) is 16.6 Å². The van der Waals surface area contributed by atoms with Gasteiger partial charge in [0.15, 0.2) is 5.82 Å². The zero-order valence-electron chi connectivity index (χ0n) is 14.3. The van der Waals surface area contributed by atoms with Crippen molar-refractivity contribution >= 4 is 37.9 Å². The molecule has 4 aromatic rings. The molecule has 2 aromatic heterocycles. The van der Waals surface area contributed by atoms with Gasteiger partial charge >= 0.3 is 0 Å². The molecule has 0 saturated heterocycles.